The molecule has 5 aromatic rings. The normalized spacial score (nSPS) is 16.3. The Bertz CT molecular complexity index is 2030. The first-order valence-corrected chi connectivity index (χ1v) is 16.4. The second-order valence-corrected chi connectivity index (χ2v) is 12.9. The van der Waals surface area contributed by atoms with Crippen molar-refractivity contribution in [2.24, 2.45) is 7.05 Å². The number of pyridine rings is 1. The number of nitrogens with zero attached hydrogens (tertiary/aromatic N) is 2. The predicted molar refractivity (Wildman–Crippen MR) is 185 cm³/mol. The molecule has 0 saturated heterocycles. The van der Waals surface area contributed by atoms with Gasteiger partial charge in [-0.2, -0.15) is 0 Å². The van der Waals surface area contributed by atoms with Crippen LogP contribution in [-0.4, -0.2) is 38.0 Å². The summed E-state index contributed by atoms with van der Waals surface area (Å²) in [7, 11) is 2.08. The lowest BCUT2D eigenvalue weighted by Crippen LogP contribution is -2.55. The Balaban J connectivity index is 1.19. The Labute approximate surface area is 273 Å². The van der Waals surface area contributed by atoms with Crippen LogP contribution in [0.25, 0.3) is 39.1 Å². The molecule has 7 rings (SSSR count). The fraction of sp³-hybridized carbons (Fsp3) is 0.282. The highest BCUT2D eigenvalue weighted by Gasteiger charge is 2.42. The summed E-state index contributed by atoms with van der Waals surface area (Å²) in [6.45, 7) is 0. The van der Waals surface area contributed by atoms with Gasteiger partial charge in [-0.15, -0.1) is 0 Å². The van der Waals surface area contributed by atoms with E-state index >= 15 is 0 Å². The van der Waals surface area contributed by atoms with Crippen LogP contribution in [0.5, 0.6) is 0 Å². The number of hydrogen-bond donors (Lipinski definition) is 3. The number of aryl methyl sites for hydroxylation is 1. The minimum absolute atomic E-state index is 0.242. The van der Waals surface area contributed by atoms with E-state index in [0.717, 1.165) is 53.7 Å². The average molecular weight is 627 g/mol. The van der Waals surface area contributed by atoms with Gasteiger partial charge >= 0.3 is 5.97 Å². The first kappa shape index (κ1) is 30.4. The van der Waals surface area contributed by atoms with Crippen LogP contribution >= 0.6 is 0 Å². The number of carboxylic acids is 1. The average Bonchev–Trinajstić information content (AvgIpc) is 3.85. The molecule has 2 saturated carbocycles. The number of aromatic nitrogens is 2. The summed E-state index contributed by atoms with van der Waals surface area (Å²) < 4.78 is 2.23. The van der Waals surface area contributed by atoms with Crippen molar-refractivity contribution in [3.63, 3.8) is 0 Å². The summed E-state index contributed by atoms with van der Waals surface area (Å²) >= 11 is 0. The molecule has 0 atom stereocenters. The lowest BCUT2D eigenvalue weighted by molar-refractivity contribution is -0.131. The zero-order valence-electron chi connectivity index (χ0n) is 26.5. The number of hydrogen-bond acceptors (Lipinski definition) is 4. The molecule has 2 fully saturated rings. The van der Waals surface area contributed by atoms with E-state index in [9.17, 15) is 14.4 Å². The number of amides is 2. The van der Waals surface area contributed by atoms with Crippen LogP contribution < -0.4 is 10.6 Å². The molecule has 0 radical (unpaired) electrons. The molecule has 2 aliphatic rings. The Morgan fingerprint density at radius 2 is 1.70 bits per heavy atom. The Kier molecular flexibility index (Phi) is 8.10. The van der Waals surface area contributed by atoms with Crippen LogP contribution in [0.2, 0.25) is 0 Å². The van der Waals surface area contributed by atoms with E-state index in [1.807, 2.05) is 24.4 Å². The van der Waals surface area contributed by atoms with Gasteiger partial charge in [0.1, 0.15) is 5.54 Å². The Hall–Kier alpha value is -5.24. The van der Waals surface area contributed by atoms with Gasteiger partial charge in [-0.3, -0.25) is 14.6 Å². The summed E-state index contributed by atoms with van der Waals surface area (Å²) in [6.07, 6.45) is 11.9. The number of nitrogens with one attached hydrogen (secondary N) is 2. The van der Waals surface area contributed by atoms with Gasteiger partial charge in [0.05, 0.1) is 11.2 Å². The van der Waals surface area contributed by atoms with E-state index in [-0.39, 0.29) is 11.8 Å². The first-order valence-electron chi connectivity index (χ1n) is 16.4. The van der Waals surface area contributed by atoms with Gasteiger partial charge in [-0.05, 0) is 96.8 Å². The summed E-state index contributed by atoms with van der Waals surface area (Å²) in [6, 6.07) is 23.4. The predicted octanol–water partition coefficient (Wildman–Crippen LogP) is 7.83. The van der Waals surface area contributed by atoms with Crippen molar-refractivity contribution < 1.29 is 19.5 Å². The summed E-state index contributed by atoms with van der Waals surface area (Å²) in [5.41, 5.74) is 6.46. The highest BCUT2D eigenvalue weighted by molar-refractivity contribution is 6.06. The standard InChI is InChI=1S/C39H38N4O4/c1-43-33-24-29(37(46)42-39(20-4-5-21-39)38(47)41-30-15-10-25(11-16-30)12-19-34(44)45)13-17-31(33)35(26-7-2-3-8-26)36(43)28-14-18-32-27(23-28)9-6-22-40-32/h6,9-19,22-24,26H,2-5,7-8,20-21H2,1H3,(H,41,47)(H,42,46)(H,44,45)/b19-12+. The molecular weight excluding hydrogens is 588 g/mol. The van der Waals surface area contributed by atoms with Crippen molar-refractivity contribution >= 4 is 51.4 Å². The maximum atomic E-state index is 13.9. The summed E-state index contributed by atoms with van der Waals surface area (Å²) in [4.78, 5) is 42.9. The zero-order chi connectivity index (χ0) is 32.5. The van der Waals surface area contributed by atoms with Crippen LogP contribution in [0, 0.1) is 0 Å². The molecule has 0 spiro atoms. The molecular formula is C39H38N4O4. The molecule has 2 amide bonds. The van der Waals surface area contributed by atoms with Gasteiger partial charge in [0.2, 0.25) is 5.91 Å². The number of carboxylic acid groups (broad SMARTS) is 1. The van der Waals surface area contributed by atoms with Gasteiger partial charge in [-0.1, -0.05) is 56.0 Å². The number of aliphatic carboxylic acids is 1. The second-order valence-electron chi connectivity index (χ2n) is 12.9. The molecule has 2 aromatic heterocycles. The zero-order valence-corrected chi connectivity index (χ0v) is 26.5. The maximum Gasteiger partial charge on any atom is 0.328 e. The molecule has 0 unspecified atom stereocenters. The van der Waals surface area contributed by atoms with Crippen LogP contribution in [-0.2, 0) is 16.6 Å². The van der Waals surface area contributed by atoms with Gasteiger partial charge in [0.25, 0.3) is 5.91 Å². The summed E-state index contributed by atoms with van der Waals surface area (Å²) in [5.74, 6) is -1.07. The second kappa shape index (κ2) is 12.5. The number of carbonyl (C=O) groups is 3. The molecule has 47 heavy (non-hydrogen) atoms. The number of carbonyl (C=O) groups excluding carboxylic acids is 2. The lowest BCUT2D eigenvalue weighted by atomic mass is 9.91. The van der Waals surface area contributed by atoms with E-state index < -0.39 is 11.5 Å². The monoisotopic (exact) mass is 626 g/mol. The topological polar surface area (TPSA) is 113 Å². The smallest absolute Gasteiger partial charge is 0.328 e. The third-order valence-electron chi connectivity index (χ3n) is 9.97. The molecule has 3 N–H and O–H groups in total. The highest BCUT2D eigenvalue weighted by Crippen LogP contribution is 2.45. The van der Waals surface area contributed by atoms with Gasteiger partial charge in [-0.25, -0.2) is 4.79 Å². The summed E-state index contributed by atoms with van der Waals surface area (Å²) in [5, 5.41) is 17.3. The van der Waals surface area contributed by atoms with Gasteiger partial charge < -0.3 is 20.3 Å². The fourth-order valence-electron chi connectivity index (χ4n) is 7.58. The van der Waals surface area contributed by atoms with E-state index in [1.54, 1.807) is 24.3 Å². The van der Waals surface area contributed by atoms with Crippen LogP contribution in [0.4, 0.5) is 5.69 Å². The number of fused-ring (bicyclic) bond motifs is 2. The van der Waals surface area contributed by atoms with Crippen molar-refractivity contribution in [1.82, 2.24) is 14.9 Å². The molecule has 2 heterocycles. The quantitative estimate of drug-likeness (QED) is 0.152. The molecule has 2 aliphatic carbocycles. The van der Waals surface area contributed by atoms with E-state index in [2.05, 4.69) is 57.6 Å². The molecule has 238 valence electrons. The number of rotatable bonds is 8. The Morgan fingerprint density at radius 3 is 2.45 bits per heavy atom. The third kappa shape index (κ3) is 5.91. The number of anilines is 1. The van der Waals surface area contributed by atoms with Crippen LogP contribution in [0.15, 0.2) is 85.1 Å². The maximum absolute atomic E-state index is 13.9. The molecule has 0 aliphatic heterocycles. The number of benzene rings is 3. The third-order valence-corrected chi connectivity index (χ3v) is 9.97. The first-order chi connectivity index (χ1) is 22.8. The highest BCUT2D eigenvalue weighted by atomic mass is 16.4. The van der Waals surface area contributed by atoms with Crippen molar-refractivity contribution in [2.75, 3.05) is 5.32 Å². The van der Waals surface area contributed by atoms with Crippen LogP contribution in [0.1, 0.15) is 78.8 Å². The lowest BCUT2D eigenvalue weighted by Gasteiger charge is -2.29. The molecule has 0 bridgehead atoms. The molecule has 3 aromatic carbocycles. The van der Waals surface area contributed by atoms with Crippen molar-refractivity contribution in [1.29, 1.82) is 0 Å². The van der Waals surface area contributed by atoms with Crippen molar-refractivity contribution in [3.05, 3.63) is 102 Å². The minimum Gasteiger partial charge on any atom is -0.478 e. The minimum atomic E-state index is -1.02. The molecule has 8 nitrogen and oxygen atoms in total. The van der Waals surface area contributed by atoms with E-state index in [0.29, 0.717) is 35.6 Å². The van der Waals surface area contributed by atoms with E-state index in [1.165, 1.54) is 35.6 Å². The largest absolute Gasteiger partial charge is 0.478 e. The fourth-order valence-corrected chi connectivity index (χ4v) is 7.58. The SMILES string of the molecule is Cn1c(-c2ccc3ncccc3c2)c(C2CCCC2)c2ccc(C(=O)NC3(C(=O)Nc4ccc(/C=C/C(=O)O)cc4)CCCC3)cc21. The van der Waals surface area contributed by atoms with Gasteiger partial charge in [0.15, 0.2) is 0 Å². The van der Waals surface area contributed by atoms with Crippen molar-refractivity contribution in [2.45, 2.75) is 62.8 Å². The molecule has 8 heteroatoms. The van der Waals surface area contributed by atoms with E-state index in [4.69, 9.17) is 5.11 Å². The van der Waals surface area contributed by atoms with Crippen LogP contribution in [0.3, 0.4) is 0 Å². The Morgan fingerprint density at radius 1 is 0.936 bits per heavy atom. The van der Waals surface area contributed by atoms with Gasteiger partial charge in [0, 0.05) is 46.9 Å². The van der Waals surface area contributed by atoms with Crippen molar-refractivity contribution in [3.8, 4) is 11.3 Å².